The lowest BCUT2D eigenvalue weighted by Crippen LogP contribution is -1.99. The summed E-state index contributed by atoms with van der Waals surface area (Å²) in [5, 5.41) is 9.58. The van der Waals surface area contributed by atoms with Crippen molar-refractivity contribution in [3.8, 4) is 17.6 Å². The quantitative estimate of drug-likeness (QED) is 0.315. The van der Waals surface area contributed by atoms with Crippen LogP contribution in [0.25, 0.3) is 11.6 Å². The van der Waals surface area contributed by atoms with Crippen LogP contribution in [0.4, 0.5) is 4.39 Å². The Balaban J connectivity index is 1.89. The van der Waals surface area contributed by atoms with Crippen molar-refractivity contribution in [3.63, 3.8) is 0 Å². The second-order valence-corrected chi connectivity index (χ2v) is 7.34. The highest BCUT2D eigenvalue weighted by molar-refractivity contribution is 9.10. The first-order valence-electron chi connectivity index (χ1n) is 8.94. The van der Waals surface area contributed by atoms with E-state index in [0.29, 0.717) is 27.1 Å². The van der Waals surface area contributed by atoms with Crippen molar-refractivity contribution in [2.24, 2.45) is 0 Å². The number of halogens is 2. The van der Waals surface area contributed by atoms with Crippen LogP contribution in [0.2, 0.25) is 0 Å². The van der Waals surface area contributed by atoms with Gasteiger partial charge in [-0.25, -0.2) is 4.39 Å². The van der Waals surface area contributed by atoms with Gasteiger partial charge >= 0.3 is 0 Å². The number of benzene rings is 3. The molecule has 0 heterocycles. The Kier molecular flexibility index (Phi) is 6.69. The van der Waals surface area contributed by atoms with Crippen molar-refractivity contribution in [2.75, 3.05) is 7.11 Å². The van der Waals surface area contributed by atoms with E-state index in [1.165, 1.54) is 12.1 Å². The van der Waals surface area contributed by atoms with E-state index in [9.17, 15) is 9.65 Å². The molecule has 0 amide bonds. The number of aryl methyl sites for hydroxylation is 1. The van der Waals surface area contributed by atoms with Crippen LogP contribution in [0.1, 0.15) is 22.3 Å². The Morgan fingerprint density at radius 2 is 1.90 bits per heavy atom. The zero-order valence-electron chi connectivity index (χ0n) is 16.1. The van der Waals surface area contributed by atoms with E-state index in [-0.39, 0.29) is 12.4 Å². The van der Waals surface area contributed by atoms with Gasteiger partial charge in [-0.3, -0.25) is 0 Å². The lowest BCUT2D eigenvalue weighted by Gasteiger charge is -2.14. The summed E-state index contributed by atoms with van der Waals surface area (Å²) in [6.45, 7) is 2.21. The third-order valence-corrected chi connectivity index (χ3v) is 4.91. The monoisotopic (exact) mass is 451 g/mol. The standard InChI is InChI=1S/C24H19BrFNO2/c1-16-6-8-19(9-7-16)20(14-27)10-18-12-22(25)24(23(13-18)28-2)29-15-17-4-3-5-21(26)11-17/h3-13H,15H2,1-2H3/b20-10-. The van der Waals surface area contributed by atoms with Crippen molar-refractivity contribution in [3.05, 3.63) is 93.2 Å². The van der Waals surface area contributed by atoms with E-state index < -0.39 is 0 Å². The first-order chi connectivity index (χ1) is 14.0. The lowest BCUT2D eigenvalue weighted by molar-refractivity contribution is 0.282. The van der Waals surface area contributed by atoms with Gasteiger partial charge in [-0.2, -0.15) is 5.26 Å². The Labute approximate surface area is 178 Å². The molecule has 0 saturated heterocycles. The van der Waals surface area contributed by atoms with Crippen LogP contribution in [0.5, 0.6) is 11.5 Å². The molecule has 3 rings (SSSR count). The molecular weight excluding hydrogens is 433 g/mol. The van der Waals surface area contributed by atoms with Gasteiger partial charge in [0.25, 0.3) is 0 Å². The highest BCUT2D eigenvalue weighted by atomic mass is 79.9. The molecular formula is C24H19BrFNO2. The Hall–Kier alpha value is -3.10. The number of allylic oxidation sites excluding steroid dienone is 1. The number of methoxy groups -OCH3 is 1. The van der Waals surface area contributed by atoms with Crippen LogP contribution in [-0.2, 0) is 6.61 Å². The van der Waals surface area contributed by atoms with Gasteiger partial charge in [0.1, 0.15) is 12.4 Å². The first-order valence-corrected chi connectivity index (χ1v) is 9.73. The van der Waals surface area contributed by atoms with Crippen LogP contribution >= 0.6 is 15.9 Å². The summed E-state index contributed by atoms with van der Waals surface area (Å²) >= 11 is 3.51. The largest absolute Gasteiger partial charge is 0.493 e. The maximum atomic E-state index is 13.4. The van der Waals surface area contributed by atoms with E-state index in [2.05, 4.69) is 22.0 Å². The molecule has 0 unspecified atom stereocenters. The third kappa shape index (κ3) is 5.24. The van der Waals surface area contributed by atoms with Crippen molar-refractivity contribution in [1.29, 1.82) is 5.26 Å². The normalized spacial score (nSPS) is 11.1. The molecule has 29 heavy (non-hydrogen) atoms. The Morgan fingerprint density at radius 1 is 1.14 bits per heavy atom. The molecule has 3 aromatic rings. The van der Waals surface area contributed by atoms with Gasteiger partial charge in [-0.1, -0.05) is 42.0 Å². The smallest absolute Gasteiger partial charge is 0.175 e. The van der Waals surface area contributed by atoms with Gasteiger partial charge in [-0.15, -0.1) is 0 Å². The SMILES string of the molecule is COc1cc(/C=C(/C#N)c2ccc(C)cc2)cc(Br)c1OCc1cccc(F)c1. The predicted octanol–water partition coefficient (Wildman–Crippen LogP) is 6.55. The molecule has 5 heteroatoms. The van der Waals surface area contributed by atoms with Gasteiger partial charge in [0, 0.05) is 0 Å². The lowest BCUT2D eigenvalue weighted by atomic mass is 10.0. The van der Waals surface area contributed by atoms with Crippen molar-refractivity contribution >= 4 is 27.6 Å². The molecule has 0 aliphatic rings. The number of ether oxygens (including phenoxy) is 2. The molecule has 0 atom stereocenters. The molecule has 3 nitrogen and oxygen atoms in total. The second-order valence-electron chi connectivity index (χ2n) is 6.49. The van der Waals surface area contributed by atoms with E-state index in [4.69, 9.17) is 9.47 Å². The van der Waals surface area contributed by atoms with E-state index in [1.807, 2.05) is 37.3 Å². The minimum Gasteiger partial charge on any atom is -0.493 e. The Bertz CT molecular complexity index is 1090. The predicted molar refractivity (Wildman–Crippen MR) is 116 cm³/mol. The van der Waals surface area contributed by atoms with Crippen LogP contribution in [0.15, 0.2) is 65.1 Å². The summed E-state index contributed by atoms with van der Waals surface area (Å²) < 4.78 is 25.4. The maximum Gasteiger partial charge on any atom is 0.175 e. The van der Waals surface area contributed by atoms with E-state index >= 15 is 0 Å². The number of hydrogen-bond donors (Lipinski definition) is 0. The van der Waals surface area contributed by atoms with Crippen molar-refractivity contribution in [2.45, 2.75) is 13.5 Å². The summed E-state index contributed by atoms with van der Waals surface area (Å²) in [6.07, 6.45) is 1.80. The highest BCUT2D eigenvalue weighted by Crippen LogP contribution is 2.38. The first kappa shape index (κ1) is 20.6. The minimum atomic E-state index is -0.308. The van der Waals surface area contributed by atoms with Crippen molar-refractivity contribution in [1.82, 2.24) is 0 Å². The average molecular weight is 452 g/mol. The zero-order chi connectivity index (χ0) is 20.8. The van der Waals surface area contributed by atoms with Crippen LogP contribution < -0.4 is 9.47 Å². The minimum absolute atomic E-state index is 0.203. The summed E-state index contributed by atoms with van der Waals surface area (Å²) in [5.41, 5.74) is 4.04. The summed E-state index contributed by atoms with van der Waals surface area (Å²) in [4.78, 5) is 0. The van der Waals surface area contributed by atoms with Gasteiger partial charge in [0.2, 0.25) is 0 Å². The average Bonchev–Trinajstić information content (AvgIpc) is 2.71. The fourth-order valence-electron chi connectivity index (χ4n) is 2.83. The van der Waals surface area contributed by atoms with Crippen LogP contribution in [-0.4, -0.2) is 7.11 Å². The van der Waals surface area contributed by atoms with E-state index in [1.54, 1.807) is 31.4 Å². The highest BCUT2D eigenvalue weighted by Gasteiger charge is 2.12. The van der Waals surface area contributed by atoms with Crippen LogP contribution in [0.3, 0.4) is 0 Å². The van der Waals surface area contributed by atoms with Crippen molar-refractivity contribution < 1.29 is 13.9 Å². The molecule has 146 valence electrons. The molecule has 0 N–H and O–H groups in total. The topological polar surface area (TPSA) is 42.2 Å². The molecule has 0 fully saturated rings. The summed E-state index contributed by atoms with van der Waals surface area (Å²) in [5.74, 6) is 0.726. The zero-order valence-corrected chi connectivity index (χ0v) is 17.7. The fourth-order valence-corrected chi connectivity index (χ4v) is 3.40. The molecule has 0 aromatic heterocycles. The fraction of sp³-hybridized carbons (Fsp3) is 0.125. The van der Waals surface area contributed by atoms with Crippen LogP contribution in [0, 0.1) is 24.1 Å². The number of hydrogen-bond acceptors (Lipinski definition) is 3. The summed E-state index contributed by atoms with van der Waals surface area (Å²) in [6, 6.07) is 20.0. The summed E-state index contributed by atoms with van der Waals surface area (Å²) in [7, 11) is 1.55. The maximum absolute atomic E-state index is 13.4. The number of nitriles is 1. The van der Waals surface area contributed by atoms with Gasteiger partial charge < -0.3 is 9.47 Å². The molecule has 3 aromatic carbocycles. The number of nitrogens with zero attached hydrogens (tertiary/aromatic N) is 1. The van der Waals surface area contributed by atoms with Gasteiger partial charge in [0.05, 0.1) is 23.2 Å². The molecule has 0 aliphatic heterocycles. The molecule has 0 spiro atoms. The molecule has 0 saturated carbocycles. The molecule has 0 aliphatic carbocycles. The second kappa shape index (κ2) is 9.40. The molecule has 0 radical (unpaired) electrons. The number of rotatable bonds is 6. The Morgan fingerprint density at radius 3 is 2.55 bits per heavy atom. The third-order valence-electron chi connectivity index (χ3n) is 4.32. The van der Waals surface area contributed by atoms with Gasteiger partial charge in [-0.05, 0) is 69.9 Å². The van der Waals surface area contributed by atoms with Gasteiger partial charge in [0.15, 0.2) is 11.5 Å². The molecule has 0 bridgehead atoms. The van der Waals surface area contributed by atoms with E-state index in [0.717, 1.165) is 16.7 Å².